The van der Waals surface area contributed by atoms with Gasteiger partial charge in [0.25, 0.3) is 0 Å². The maximum Gasteiger partial charge on any atom is 0.122 e. The average Bonchev–Trinajstić information content (AvgIpc) is 2.95. The smallest absolute Gasteiger partial charge is 0.122 e. The van der Waals surface area contributed by atoms with Crippen molar-refractivity contribution in [3.63, 3.8) is 0 Å². The van der Waals surface area contributed by atoms with Gasteiger partial charge >= 0.3 is 0 Å². The predicted molar refractivity (Wildman–Crippen MR) is 66.7 cm³/mol. The van der Waals surface area contributed by atoms with Crippen LogP contribution in [-0.4, -0.2) is 10.6 Å². The van der Waals surface area contributed by atoms with Crippen LogP contribution >= 0.6 is 0 Å². The molecule has 0 amide bonds. The number of benzene rings is 1. The second kappa shape index (κ2) is 4.10. The summed E-state index contributed by atoms with van der Waals surface area (Å²) in [5.41, 5.74) is 8.22. The van der Waals surface area contributed by atoms with Gasteiger partial charge in [-0.2, -0.15) is 0 Å². The van der Waals surface area contributed by atoms with E-state index in [-0.39, 0.29) is 5.54 Å². The van der Waals surface area contributed by atoms with Crippen molar-refractivity contribution in [1.82, 2.24) is 0 Å². The molecule has 3 N–H and O–H groups in total. The Labute approximate surface area is 97.5 Å². The highest BCUT2D eigenvalue weighted by Crippen LogP contribution is 2.38. The number of aryl methyl sites for hydroxylation is 1. The van der Waals surface area contributed by atoms with Gasteiger partial charge in [0.2, 0.25) is 0 Å². The molecule has 0 aromatic heterocycles. The van der Waals surface area contributed by atoms with Crippen LogP contribution in [0, 0.1) is 0 Å². The Kier molecular flexibility index (Phi) is 2.94. The minimum Gasteiger partial charge on any atom is -0.507 e. The van der Waals surface area contributed by atoms with Gasteiger partial charge in [0.1, 0.15) is 5.75 Å². The zero-order valence-corrected chi connectivity index (χ0v) is 10.2. The van der Waals surface area contributed by atoms with Gasteiger partial charge in [0, 0.05) is 5.54 Å². The Morgan fingerprint density at radius 1 is 1.38 bits per heavy atom. The summed E-state index contributed by atoms with van der Waals surface area (Å²) in [6.07, 6.45) is 4.15. The lowest BCUT2D eigenvalue weighted by molar-refractivity contribution is 0.454. The predicted octanol–water partition coefficient (Wildman–Crippen LogP) is 2.94. The lowest BCUT2D eigenvalue weighted by Crippen LogP contribution is -2.22. The minimum absolute atomic E-state index is 0.0697. The molecule has 0 atom stereocenters. The molecule has 0 heterocycles. The van der Waals surface area contributed by atoms with E-state index >= 15 is 0 Å². The molecular formula is C14H21NO. The fraction of sp³-hybridized carbons (Fsp3) is 0.571. The summed E-state index contributed by atoms with van der Waals surface area (Å²) in [5, 5.41) is 10.1. The zero-order chi connectivity index (χ0) is 11.8. The fourth-order valence-electron chi connectivity index (χ4n) is 2.07. The van der Waals surface area contributed by atoms with E-state index in [1.165, 1.54) is 0 Å². The molecule has 2 heteroatoms. The lowest BCUT2D eigenvalue weighted by atomic mass is 9.96. The Balaban J connectivity index is 2.11. The van der Waals surface area contributed by atoms with Gasteiger partial charge < -0.3 is 10.8 Å². The minimum atomic E-state index is 0.0697. The molecule has 0 aliphatic heterocycles. The number of rotatable bonds is 4. The number of hydrogen-bond acceptors (Lipinski definition) is 2. The summed E-state index contributed by atoms with van der Waals surface area (Å²) in [6.45, 7) is 4.20. The molecule has 0 unspecified atom stereocenters. The van der Waals surface area contributed by atoms with Crippen molar-refractivity contribution in [2.75, 3.05) is 0 Å². The molecular weight excluding hydrogens is 198 g/mol. The number of aromatic hydroxyl groups is 1. The molecule has 1 aromatic carbocycles. The molecule has 16 heavy (non-hydrogen) atoms. The molecule has 1 saturated carbocycles. The van der Waals surface area contributed by atoms with Crippen LogP contribution in [0.1, 0.15) is 50.2 Å². The molecule has 0 spiro atoms. The van der Waals surface area contributed by atoms with Gasteiger partial charge in [-0.05, 0) is 42.7 Å². The third-order valence-electron chi connectivity index (χ3n) is 3.56. The molecule has 2 rings (SSSR count). The van der Waals surface area contributed by atoms with E-state index in [1.54, 1.807) is 0 Å². The monoisotopic (exact) mass is 219 g/mol. The van der Waals surface area contributed by atoms with Crippen molar-refractivity contribution in [3.05, 3.63) is 29.3 Å². The first-order chi connectivity index (χ1) is 7.52. The van der Waals surface area contributed by atoms with Crippen LogP contribution in [0.3, 0.4) is 0 Å². The van der Waals surface area contributed by atoms with Crippen LogP contribution < -0.4 is 5.73 Å². The number of hydrogen-bond donors (Lipinski definition) is 2. The fourth-order valence-corrected chi connectivity index (χ4v) is 2.07. The highest BCUT2D eigenvalue weighted by Gasteiger charge is 2.37. The number of para-hydroxylation sites is 1. The average molecular weight is 219 g/mol. The third-order valence-corrected chi connectivity index (χ3v) is 3.56. The maximum atomic E-state index is 10.1. The van der Waals surface area contributed by atoms with Crippen LogP contribution in [0.5, 0.6) is 5.75 Å². The Morgan fingerprint density at radius 3 is 2.62 bits per heavy atom. The molecule has 88 valence electrons. The van der Waals surface area contributed by atoms with E-state index in [9.17, 15) is 5.11 Å². The molecule has 0 saturated heterocycles. The second-order valence-electron chi connectivity index (χ2n) is 5.37. The molecule has 1 fully saturated rings. The van der Waals surface area contributed by atoms with Crippen molar-refractivity contribution in [1.29, 1.82) is 0 Å². The van der Waals surface area contributed by atoms with Crippen molar-refractivity contribution < 1.29 is 5.11 Å². The summed E-state index contributed by atoms with van der Waals surface area (Å²) in [7, 11) is 0. The van der Waals surface area contributed by atoms with Gasteiger partial charge in [-0.25, -0.2) is 0 Å². The zero-order valence-electron chi connectivity index (χ0n) is 10.2. The Morgan fingerprint density at radius 2 is 2.06 bits per heavy atom. The SMILES string of the molecule is CC(C)c1cccc(CCC2(N)CC2)c1O. The number of phenols is 1. The lowest BCUT2D eigenvalue weighted by Gasteiger charge is -2.14. The van der Waals surface area contributed by atoms with Gasteiger partial charge in [-0.3, -0.25) is 0 Å². The summed E-state index contributed by atoms with van der Waals surface area (Å²) in [6, 6.07) is 6.03. The van der Waals surface area contributed by atoms with E-state index in [4.69, 9.17) is 5.73 Å². The van der Waals surface area contributed by atoms with Crippen LogP contribution in [0.15, 0.2) is 18.2 Å². The van der Waals surface area contributed by atoms with Crippen molar-refractivity contribution in [2.45, 2.75) is 51.0 Å². The van der Waals surface area contributed by atoms with Crippen LogP contribution in [0.4, 0.5) is 0 Å². The maximum absolute atomic E-state index is 10.1. The highest BCUT2D eigenvalue weighted by molar-refractivity contribution is 5.42. The molecule has 1 aliphatic carbocycles. The molecule has 0 radical (unpaired) electrons. The van der Waals surface area contributed by atoms with Gasteiger partial charge in [-0.1, -0.05) is 32.0 Å². The van der Waals surface area contributed by atoms with Crippen LogP contribution in [0.25, 0.3) is 0 Å². The molecule has 2 nitrogen and oxygen atoms in total. The molecule has 0 bridgehead atoms. The number of phenolic OH excluding ortho intramolecular Hbond substituents is 1. The van der Waals surface area contributed by atoms with E-state index in [1.807, 2.05) is 18.2 Å². The van der Waals surface area contributed by atoms with Crippen LogP contribution in [0.2, 0.25) is 0 Å². The van der Waals surface area contributed by atoms with Gasteiger partial charge in [0.05, 0.1) is 0 Å². The second-order valence-corrected chi connectivity index (χ2v) is 5.37. The molecule has 1 aliphatic rings. The van der Waals surface area contributed by atoms with Gasteiger partial charge in [0.15, 0.2) is 0 Å². The van der Waals surface area contributed by atoms with Crippen molar-refractivity contribution >= 4 is 0 Å². The summed E-state index contributed by atoms with van der Waals surface area (Å²) < 4.78 is 0. The van der Waals surface area contributed by atoms with E-state index in [2.05, 4.69) is 13.8 Å². The van der Waals surface area contributed by atoms with E-state index in [0.717, 1.165) is 36.8 Å². The first kappa shape index (κ1) is 11.5. The Bertz CT molecular complexity index is 380. The molecule has 1 aromatic rings. The first-order valence-corrected chi connectivity index (χ1v) is 6.11. The van der Waals surface area contributed by atoms with E-state index in [0.29, 0.717) is 11.7 Å². The first-order valence-electron chi connectivity index (χ1n) is 6.11. The van der Waals surface area contributed by atoms with E-state index < -0.39 is 0 Å². The Hall–Kier alpha value is -1.02. The topological polar surface area (TPSA) is 46.2 Å². The highest BCUT2D eigenvalue weighted by atomic mass is 16.3. The van der Waals surface area contributed by atoms with Crippen LogP contribution in [-0.2, 0) is 6.42 Å². The quantitative estimate of drug-likeness (QED) is 0.818. The third kappa shape index (κ3) is 2.38. The normalized spacial score (nSPS) is 17.8. The number of nitrogens with two attached hydrogens (primary N) is 1. The van der Waals surface area contributed by atoms with Crippen molar-refractivity contribution in [3.8, 4) is 5.75 Å². The van der Waals surface area contributed by atoms with Crippen molar-refractivity contribution in [2.24, 2.45) is 5.73 Å². The standard InChI is InChI=1S/C14H21NO/c1-10(2)12-5-3-4-11(13(12)16)6-7-14(15)8-9-14/h3-5,10,16H,6-9,15H2,1-2H3. The largest absolute Gasteiger partial charge is 0.507 e. The summed E-state index contributed by atoms with van der Waals surface area (Å²) in [4.78, 5) is 0. The summed E-state index contributed by atoms with van der Waals surface area (Å²) >= 11 is 0. The summed E-state index contributed by atoms with van der Waals surface area (Å²) in [5.74, 6) is 0.842. The van der Waals surface area contributed by atoms with Gasteiger partial charge in [-0.15, -0.1) is 0 Å².